The van der Waals surface area contributed by atoms with E-state index in [1.807, 2.05) is 0 Å². The molecule has 2 heterocycles. The summed E-state index contributed by atoms with van der Waals surface area (Å²) < 4.78 is 67.4. The lowest BCUT2D eigenvalue weighted by molar-refractivity contribution is 0.251. The Kier molecular flexibility index (Phi) is 6.87. The fraction of sp³-hybridized carbons (Fsp3) is 0.533. The molecule has 0 bridgehead atoms. The standard InChI is InChI=1S/C15H24FN9O4S2/c16-9-8-25(7-4-10(9)18)11-2-3-12(31(28,29)20-6-1-5-17)14(30(19,26)27)13(11)15-21-23-24-22-15/h2-3,9-10,20H,1,4-8,17-18H2,(H2,19,26,27)(H,21,22,23,24)/t9-,10?/m0/s1. The van der Waals surface area contributed by atoms with Crippen molar-refractivity contribution < 1.29 is 21.2 Å². The summed E-state index contributed by atoms with van der Waals surface area (Å²) in [7, 11) is -8.89. The summed E-state index contributed by atoms with van der Waals surface area (Å²) in [5.41, 5.74) is 11.1. The zero-order valence-corrected chi connectivity index (χ0v) is 18.0. The molecule has 1 fully saturated rings. The molecule has 16 heteroatoms. The summed E-state index contributed by atoms with van der Waals surface area (Å²) in [5.74, 6) is -0.205. The number of benzene rings is 1. The summed E-state index contributed by atoms with van der Waals surface area (Å²) in [6, 6.07) is 1.81. The van der Waals surface area contributed by atoms with Gasteiger partial charge < -0.3 is 16.4 Å². The van der Waals surface area contributed by atoms with Gasteiger partial charge in [-0.1, -0.05) is 0 Å². The number of hydrogen-bond acceptors (Lipinski definition) is 10. The lowest BCUT2D eigenvalue weighted by Gasteiger charge is -2.35. The number of aromatic nitrogens is 4. The highest BCUT2D eigenvalue weighted by molar-refractivity contribution is 7.92. The maximum absolute atomic E-state index is 14.3. The molecule has 31 heavy (non-hydrogen) atoms. The van der Waals surface area contributed by atoms with E-state index in [4.69, 9.17) is 16.6 Å². The molecule has 8 N–H and O–H groups in total. The fourth-order valence-corrected chi connectivity index (χ4v) is 5.99. The first-order valence-corrected chi connectivity index (χ1v) is 12.4. The van der Waals surface area contributed by atoms with E-state index in [9.17, 15) is 21.2 Å². The number of sulfonamides is 2. The lowest BCUT2D eigenvalue weighted by Crippen LogP contribution is -2.48. The highest BCUT2D eigenvalue weighted by atomic mass is 32.2. The molecule has 0 amide bonds. The first-order valence-electron chi connectivity index (χ1n) is 9.34. The molecule has 1 aromatic carbocycles. The Morgan fingerprint density at radius 2 is 2.03 bits per heavy atom. The minimum atomic E-state index is -4.60. The summed E-state index contributed by atoms with van der Waals surface area (Å²) in [6.07, 6.45) is -0.727. The Morgan fingerprint density at radius 3 is 2.61 bits per heavy atom. The van der Waals surface area contributed by atoms with Gasteiger partial charge in [0.15, 0.2) is 0 Å². The van der Waals surface area contributed by atoms with Crippen LogP contribution in [0.1, 0.15) is 12.8 Å². The predicted molar refractivity (Wildman–Crippen MR) is 110 cm³/mol. The number of rotatable bonds is 8. The summed E-state index contributed by atoms with van der Waals surface area (Å²) in [6.45, 7) is 0.406. The van der Waals surface area contributed by atoms with Crippen LogP contribution in [0.2, 0.25) is 0 Å². The second-order valence-electron chi connectivity index (χ2n) is 7.02. The number of nitrogens with zero attached hydrogens (tertiary/aromatic N) is 4. The molecule has 1 aliphatic rings. The van der Waals surface area contributed by atoms with E-state index < -0.39 is 42.1 Å². The van der Waals surface area contributed by atoms with Crippen molar-refractivity contribution in [3.05, 3.63) is 12.1 Å². The number of tetrazole rings is 1. The molecular formula is C15H24FN9O4S2. The number of aromatic amines is 1. The Balaban J connectivity index is 2.24. The monoisotopic (exact) mass is 477 g/mol. The number of anilines is 1. The first-order chi connectivity index (χ1) is 14.6. The van der Waals surface area contributed by atoms with Crippen molar-refractivity contribution in [2.45, 2.75) is 34.8 Å². The van der Waals surface area contributed by atoms with Gasteiger partial charge in [0.1, 0.15) is 16.0 Å². The van der Waals surface area contributed by atoms with E-state index in [2.05, 4.69) is 25.3 Å². The van der Waals surface area contributed by atoms with E-state index in [1.54, 1.807) is 4.90 Å². The van der Waals surface area contributed by atoms with E-state index in [0.29, 0.717) is 19.4 Å². The number of hydrogen-bond donors (Lipinski definition) is 5. The molecule has 0 radical (unpaired) electrons. The van der Waals surface area contributed by atoms with Gasteiger partial charge in [-0.3, -0.25) is 0 Å². The van der Waals surface area contributed by atoms with Crippen LogP contribution >= 0.6 is 0 Å². The van der Waals surface area contributed by atoms with Crippen LogP contribution in [-0.4, -0.2) is 75.9 Å². The van der Waals surface area contributed by atoms with E-state index in [-0.39, 0.29) is 36.7 Å². The Bertz CT molecular complexity index is 1130. The number of nitrogens with one attached hydrogen (secondary N) is 2. The second-order valence-corrected chi connectivity index (χ2v) is 10.3. The number of primary sulfonamides is 1. The zero-order chi connectivity index (χ0) is 22.8. The number of nitrogens with two attached hydrogens (primary N) is 3. The topological polar surface area (TPSA) is 216 Å². The van der Waals surface area contributed by atoms with E-state index in [1.165, 1.54) is 6.07 Å². The smallest absolute Gasteiger partial charge is 0.241 e. The lowest BCUT2D eigenvalue weighted by atomic mass is 10.0. The Morgan fingerprint density at radius 1 is 1.29 bits per heavy atom. The maximum atomic E-state index is 14.3. The molecule has 0 saturated carbocycles. The number of alkyl halides is 1. The highest BCUT2D eigenvalue weighted by Gasteiger charge is 2.35. The average molecular weight is 478 g/mol. The van der Waals surface area contributed by atoms with Gasteiger partial charge in [-0.15, -0.1) is 10.2 Å². The van der Waals surface area contributed by atoms with Gasteiger partial charge >= 0.3 is 0 Å². The molecule has 2 aromatic rings. The fourth-order valence-electron chi connectivity index (χ4n) is 3.32. The largest absolute Gasteiger partial charge is 0.368 e. The van der Waals surface area contributed by atoms with Crippen LogP contribution in [0.4, 0.5) is 10.1 Å². The molecule has 0 aliphatic carbocycles. The third-order valence-corrected chi connectivity index (χ3v) is 7.47. The highest BCUT2D eigenvalue weighted by Crippen LogP contribution is 2.39. The molecule has 2 atom stereocenters. The number of H-pyrrole nitrogens is 1. The summed E-state index contributed by atoms with van der Waals surface area (Å²) in [4.78, 5) is 0.255. The van der Waals surface area contributed by atoms with Crippen LogP contribution in [0.15, 0.2) is 21.9 Å². The van der Waals surface area contributed by atoms with E-state index >= 15 is 0 Å². The van der Waals surface area contributed by atoms with Gasteiger partial charge in [-0.05, 0) is 36.7 Å². The second kappa shape index (κ2) is 9.09. The maximum Gasteiger partial charge on any atom is 0.241 e. The molecule has 1 aliphatic heterocycles. The quantitative estimate of drug-likeness (QED) is 0.264. The predicted octanol–water partition coefficient (Wildman–Crippen LogP) is -1.98. The Labute approximate surface area is 178 Å². The molecule has 3 rings (SSSR count). The molecule has 172 valence electrons. The molecule has 0 spiro atoms. The van der Waals surface area contributed by atoms with Crippen molar-refractivity contribution in [2.75, 3.05) is 31.1 Å². The third-order valence-electron chi connectivity index (χ3n) is 4.85. The van der Waals surface area contributed by atoms with Gasteiger partial charge in [0.05, 0.1) is 12.1 Å². The molecule has 1 unspecified atom stereocenters. The van der Waals surface area contributed by atoms with Gasteiger partial charge in [-0.2, -0.15) is 5.21 Å². The van der Waals surface area contributed by atoms with E-state index in [0.717, 1.165) is 6.07 Å². The van der Waals surface area contributed by atoms with Crippen molar-refractivity contribution in [1.29, 1.82) is 0 Å². The molecule has 1 saturated heterocycles. The minimum absolute atomic E-state index is 0.00423. The van der Waals surface area contributed by atoms with Crippen LogP contribution in [0, 0.1) is 0 Å². The third kappa shape index (κ3) is 4.99. The van der Waals surface area contributed by atoms with Gasteiger partial charge in [0.2, 0.25) is 25.9 Å². The van der Waals surface area contributed by atoms with Gasteiger partial charge in [0, 0.05) is 24.8 Å². The average Bonchev–Trinajstić information content (AvgIpc) is 3.23. The number of halogens is 1. The molecular weight excluding hydrogens is 453 g/mol. The van der Waals surface area contributed by atoms with Crippen molar-refractivity contribution in [3.63, 3.8) is 0 Å². The summed E-state index contributed by atoms with van der Waals surface area (Å²) in [5, 5.41) is 18.7. The Hall–Kier alpha value is -2.24. The number of piperidine rings is 1. The van der Waals surface area contributed by atoms with Crippen molar-refractivity contribution in [3.8, 4) is 11.4 Å². The SMILES string of the molecule is NCCCNS(=O)(=O)c1ccc(N2CCC(N)[C@@H](F)C2)c(-c2nn[nH]n2)c1S(N)(=O)=O. The first kappa shape index (κ1) is 23.4. The van der Waals surface area contributed by atoms with Gasteiger partial charge in [0.25, 0.3) is 0 Å². The minimum Gasteiger partial charge on any atom is -0.368 e. The van der Waals surface area contributed by atoms with Crippen molar-refractivity contribution in [1.82, 2.24) is 25.3 Å². The van der Waals surface area contributed by atoms with Crippen LogP contribution in [0.3, 0.4) is 0 Å². The summed E-state index contributed by atoms with van der Waals surface area (Å²) >= 11 is 0. The van der Waals surface area contributed by atoms with Crippen LogP contribution in [-0.2, 0) is 20.0 Å². The van der Waals surface area contributed by atoms with Crippen LogP contribution in [0.25, 0.3) is 11.4 Å². The van der Waals surface area contributed by atoms with Crippen LogP contribution in [0.5, 0.6) is 0 Å². The van der Waals surface area contributed by atoms with Gasteiger partial charge in [-0.25, -0.2) is 31.1 Å². The van der Waals surface area contributed by atoms with Crippen LogP contribution < -0.4 is 26.2 Å². The normalized spacial score (nSPS) is 20.2. The zero-order valence-electron chi connectivity index (χ0n) is 16.4. The molecule has 1 aromatic heterocycles. The molecule has 13 nitrogen and oxygen atoms in total. The van der Waals surface area contributed by atoms with Crippen molar-refractivity contribution >= 4 is 25.7 Å². The van der Waals surface area contributed by atoms with Crippen molar-refractivity contribution in [2.24, 2.45) is 16.6 Å².